The predicted octanol–water partition coefficient (Wildman–Crippen LogP) is 16.5. The largest absolute Gasteiger partial charge is 0.462 e. The van der Waals surface area contributed by atoms with Gasteiger partial charge in [0.2, 0.25) is 0 Å². The van der Waals surface area contributed by atoms with E-state index in [2.05, 4.69) is 81.5 Å². The summed E-state index contributed by atoms with van der Waals surface area (Å²) in [7, 11) is 0. The third-order valence-electron chi connectivity index (χ3n) is 10.8. The van der Waals surface area contributed by atoms with Crippen LogP contribution in [0.3, 0.4) is 0 Å². The number of rotatable bonds is 45. The van der Waals surface area contributed by atoms with Gasteiger partial charge in [-0.05, 0) is 83.5 Å². The Bertz CT molecular complexity index is 1100. The Balaban J connectivity index is 4.35. The molecule has 0 amide bonds. The van der Waals surface area contributed by atoms with Gasteiger partial charge in [-0.2, -0.15) is 0 Å². The van der Waals surface area contributed by atoms with Crippen LogP contribution in [-0.2, 0) is 28.6 Å². The molecular weight excluding hydrogens is 745 g/mol. The van der Waals surface area contributed by atoms with Gasteiger partial charge >= 0.3 is 17.9 Å². The van der Waals surface area contributed by atoms with Gasteiger partial charge in [-0.1, -0.05) is 204 Å². The zero-order valence-electron chi connectivity index (χ0n) is 39.5. The lowest BCUT2D eigenvalue weighted by molar-refractivity contribution is -0.167. The average molecular weight is 839 g/mol. The van der Waals surface area contributed by atoms with Crippen molar-refractivity contribution in [3.8, 4) is 0 Å². The molecular formula is C54H94O6. The van der Waals surface area contributed by atoms with Crippen molar-refractivity contribution in [3.63, 3.8) is 0 Å². The molecule has 0 bridgehead atoms. The standard InChI is InChI=1S/C54H94O6/c1-4-7-10-13-16-19-21-23-25-26-27-28-29-31-32-35-38-41-44-47-53(56)59-50-51(49-58-52(55)46-43-40-37-34-18-15-12-9-6-3)60-54(57)48-45-42-39-36-33-30-24-22-20-17-14-11-8-5-2/h7,10,16,19,23,25,27-28,30,33,51H,4-6,8-9,11-15,17-18,20-22,24,26,29,31-32,34-50H2,1-3H3/b10-7-,19-16-,25-23-,28-27-,33-30-. The van der Waals surface area contributed by atoms with Gasteiger partial charge in [-0.3, -0.25) is 14.4 Å². The van der Waals surface area contributed by atoms with E-state index in [4.69, 9.17) is 14.2 Å². The summed E-state index contributed by atoms with van der Waals surface area (Å²) in [5, 5.41) is 0. The van der Waals surface area contributed by atoms with Gasteiger partial charge in [-0.25, -0.2) is 0 Å². The number of hydrogen-bond donors (Lipinski definition) is 0. The highest BCUT2D eigenvalue weighted by atomic mass is 16.6. The number of allylic oxidation sites excluding steroid dienone is 10. The second kappa shape index (κ2) is 48.8. The molecule has 6 nitrogen and oxygen atoms in total. The molecule has 0 radical (unpaired) electrons. The minimum atomic E-state index is -0.784. The highest BCUT2D eigenvalue weighted by Crippen LogP contribution is 2.14. The van der Waals surface area contributed by atoms with Crippen molar-refractivity contribution < 1.29 is 28.6 Å². The van der Waals surface area contributed by atoms with Crippen molar-refractivity contribution in [1.29, 1.82) is 0 Å². The van der Waals surface area contributed by atoms with Crippen molar-refractivity contribution >= 4 is 17.9 Å². The van der Waals surface area contributed by atoms with Crippen LogP contribution in [0.2, 0.25) is 0 Å². The van der Waals surface area contributed by atoms with Gasteiger partial charge in [0.25, 0.3) is 0 Å². The van der Waals surface area contributed by atoms with Crippen LogP contribution >= 0.6 is 0 Å². The summed E-state index contributed by atoms with van der Waals surface area (Å²) in [5.74, 6) is -0.914. The van der Waals surface area contributed by atoms with E-state index in [0.717, 1.165) is 103 Å². The maximum atomic E-state index is 12.8. The summed E-state index contributed by atoms with van der Waals surface area (Å²) in [6.45, 7) is 6.48. The molecule has 0 saturated heterocycles. The fraction of sp³-hybridized carbons (Fsp3) is 0.759. The number of ether oxygens (including phenoxy) is 3. The van der Waals surface area contributed by atoms with Gasteiger partial charge in [0, 0.05) is 19.3 Å². The maximum Gasteiger partial charge on any atom is 0.306 e. The number of hydrogen-bond acceptors (Lipinski definition) is 6. The molecule has 0 heterocycles. The van der Waals surface area contributed by atoms with Crippen LogP contribution < -0.4 is 0 Å². The monoisotopic (exact) mass is 839 g/mol. The summed E-state index contributed by atoms with van der Waals surface area (Å²) in [4.78, 5) is 37.8. The summed E-state index contributed by atoms with van der Waals surface area (Å²) in [5.41, 5.74) is 0. The molecule has 6 heteroatoms. The van der Waals surface area contributed by atoms with E-state index in [1.165, 1.54) is 103 Å². The number of esters is 3. The first-order chi connectivity index (χ1) is 29.5. The van der Waals surface area contributed by atoms with Crippen LogP contribution in [0.5, 0.6) is 0 Å². The van der Waals surface area contributed by atoms with Gasteiger partial charge in [0.05, 0.1) is 0 Å². The first kappa shape index (κ1) is 57.1. The van der Waals surface area contributed by atoms with Gasteiger partial charge in [0.15, 0.2) is 6.10 Å². The van der Waals surface area contributed by atoms with E-state index < -0.39 is 6.10 Å². The molecule has 346 valence electrons. The number of unbranched alkanes of at least 4 members (excludes halogenated alkanes) is 24. The van der Waals surface area contributed by atoms with Crippen molar-refractivity contribution in [2.75, 3.05) is 13.2 Å². The van der Waals surface area contributed by atoms with E-state index in [0.29, 0.717) is 19.3 Å². The van der Waals surface area contributed by atoms with Crippen LogP contribution in [0.4, 0.5) is 0 Å². The van der Waals surface area contributed by atoms with E-state index in [1.807, 2.05) is 0 Å². The van der Waals surface area contributed by atoms with Crippen LogP contribution in [0, 0.1) is 0 Å². The lowest BCUT2D eigenvalue weighted by Gasteiger charge is -2.18. The van der Waals surface area contributed by atoms with Crippen LogP contribution in [-0.4, -0.2) is 37.2 Å². The van der Waals surface area contributed by atoms with E-state index in [9.17, 15) is 14.4 Å². The van der Waals surface area contributed by atoms with Crippen molar-refractivity contribution in [1.82, 2.24) is 0 Å². The van der Waals surface area contributed by atoms with Gasteiger partial charge in [0.1, 0.15) is 13.2 Å². The lowest BCUT2D eigenvalue weighted by Crippen LogP contribution is -2.30. The normalized spacial score (nSPS) is 12.5. The molecule has 0 N–H and O–H groups in total. The molecule has 60 heavy (non-hydrogen) atoms. The Hall–Kier alpha value is -2.89. The SMILES string of the molecule is CC/C=C\C/C=C\C/C=C\C/C=C\CCCCCCCCC(=O)OCC(COC(=O)CCCCCCCCCCC)OC(=O)CCCCC/C=C\CCCCCCCCC. The molecule has 0 rings (SSSR count). The quantitative estimate of drug-likeness (QED) is 0.0263. The van der Waals surface area contributed by atoms with Gasteiger partial charge in [-0.15, -0.1) is 0 Å². The topological polar surface area (TPSA) is 78.9 Å². The minimum absolute atomic E-state index is 0.0836. The Morgan fingerprint density at radius 1 is 0.350 bits per heavy atom. The van der Waals surface area contributed by atoms with Crippen LogP contribution in [0.1, 0.15) is 245 Å². The highest BCUT2D eigenvalue weighted by Gasteiger charge is 2.19. The summed E-state index contributed by atoms with van der Waals surface area (Å²) in [6.07, 6.45) is 59.2. The third kappa shape index (κ3) is 46.2. The van der Waals surface area contributed by atoms with Crippen molar-refractivity contribution in [2.45, 2.75) is 252 Å². The Morgan fingerprint density at radius 2 is 0.650 bits per heavy atom. The lowest BCUT2D eigenvalue weighted by atomic mass is 10.1. The zero-order chi connectivity index (χ0) is 43.7. The third-order valence-corrected chi connectivity index (χ3v) is 10.8. The molecule has 0 aliphatic heterocycles. The Morgan fingerprint density at radius 3 is 1.05 bits per heavy atom. The molecule has 0 spiro atoms. The number of carbonyl (C=O) groups is 3. The van der Waals surface area contributed by atoms with Crippen LogP contribution in [0.15, 0.2) is 60.8 Å². The molecule has 0 aromatic carbocycles. The molecule has 1 atom stereocenters. The maximum absolute atomic E-state index is 12.8. The van der Waals surface area contributed by atoms with Gasteiger partial charge < -0.3 is 14.2 Å². The molecule has 0 aliphatic rings. The fourth-order valence-electron chi connectivity index (χ4n) is 6.96. The zero-order valence-corrected chi connectivity index (χ0v) is 39.5. The van der Waals surface area contributed by atoms with Crippen molar-refractivity contribution in [3.05, 3.63) is 60.8 Å². The minimum Gasteiger partial charge on any atom is -0.462 e. The predicted molar refractivity (Wildman–Crippen MR) is 256 cm³/mol. The first-order valence-corrected chi connectivity index (χ1v) is 25.3. The molecule has 0 fully saturated rings. The summed E-state index contributed by atoms with van der Waals surface area (Å²) >= 11 is 0. The Labute approximate surface area is 370 Å². The molecule has 0 aromatic rings. The average Bonchev–Trinajstić information content (AvgIpc) is 3.24. The van der Waals surface area contributed by atoms with E-state index >= 15 is 0 Å². The highest BCUT2D eigenvalue weighted by molar-refractivity contribution is 5.71. The van der Waals surface area contributed by atoms with E-state index in [1.54, 1.807) is 0 Å². The molecule has 0 saturated carbocycles. The fourth-order valence-corrected chi connectivity index (χ4v) is 6.96. The Kier molecular flexibility index (Phi) is 46.4. The second-order valence-corrected chi connectivity index (χ2v) is 16.7. The van der Waals surface area contributed by atoms with E-state index in [-0.39, 0.29) is 31.1 Å². The summed E-state index contributed by atoms with van der Waals surface area (Å²) in [6, 6.07) is 0. The summed E-state index contributed by atoms with van der Waals surface area (Å²) < 4.78 is 16.7. The molecule has 0 aromatic heterocycles. The molecule has 1 unspecified atom stereocenters. The number of carbonyl (C=O) groups excluding carboxylic acids is 3. The smallest absolute Gasteiger partial charge is 0.306 e. The second-order valence-electron chi connectivity index (χ2n) is 16.7. The first-order valence-electron chi connectivity index (χ1n) is 25.3. The van der Waals surface area contributed by atoms with Crippen molar-refractivity contribution in [2.24, 2.45) is 0 Å². The van der Waals surface area contributed by atoms with Crippen LogP contribution in [0.25, 0.3) is 0 Å². The molecule has 0 aliphatic carbocycles.